The second kappa shape index (κ2) is 7.38. The summed E-state index contributed by atoms with van der Waals surface area (Å²) in [5.74, 6) is 0.284. The molecule has 0 aliphatic heterocycles. The monoisotopic (exact) mass is 372 g/mol. The van der Waals surface area contributed by atoms with Crippen LogP contribution in [0.2, 0.25) is 5.02 Å². The molecule has 3 rings (SSSR count). The SMILES string of the molecule is COc1ccc(NC(C)=O)cc1NC(=O)C1(c2ccc(Cl)cc2)CCC1. The van der Waals surface area contributed by atoms with Crippen molar-refractivity contribution in [1.29, 1.82) is 0 Å². The van der Waals surface area contributed by atoms with Crippen LogP contribution in [0.4, 0.5) is 11.4 Å². The zero-order chi connectivity index (χ0) is 18.7. The Morgan fingerprint density at radius 3 is 2.31 bits per heavy atom. The number of ether oxygens (including phenoxy) is 1. The molecule has 136 valence electrons. The number of anilines is 2. The molecule has 0 radical (unpaired) electrons. The maximum absolute atomic E-state index is 13.1. The van der Waals surface area contributed by atoms with E-state index in [0.29, 0.717) is 22.1 Å². The average Bonchev–Trinajstić information content (AvgIpc) is 2.55. The summed E-state index contributed by atoms with van der Waals surface area (Å²) in [6.45, 7) is 1.44. The topological polar surface area (TPSA) is 67.4 Å². The van der Waals surface area contributed by atoms with Crippen LogP contribution in [-0.4, -0.2) is 18.9 Å². The van der Waals surface area contributed by atoms with Crippen molar-refractivity contribution in [3.63, 3.8) is 0 Å². The molecule has 1 fully saturated rings. The molecular formula is C20H21ClN2O3. The molecule has 0 saturated heterocycles. The van der Waals surface area contributed by atoms with E-state index in [4.69, 9.17) is 16.3 Å². The lowest BCUT2D eigenvalue weighted by Gasteiger charge is -2.40. The Hall–Kier alpha value is -2.53. The van der Waals surface area contributed by atoms with Crippen molar-refractivity contribution in [3.05, 3.63) is 53.1 Å². The van der Waals surface area contributed by atoms with E-state index in [9.17, 15) is 9.59 Å². The number of methoxy groups -OCH3 is 1. The molecule has 0 spiro atoms. The highest BCUT2D eigenvalue weighted by molar-refractivity contribution is 6.30. The van der Waals surface area contributed by atoms with Crippen molar-refractivity contribution in [1.82, 2.24) is 0 Å². The van der Waals surface area contributed by atoms with Crippen LogP contribution in [0.5, 0.6) is 5.75 Å². The number of rotatable bonds is 5. The molecular weight excluding hydrogens is 352 g/mol. The fourth-order valence-corrected chi connectivity index (χ4v) is 3.40. The van der Waals surface area contributed by atoms with E-state index in [0.717, 1.165) is 24.8 Å². The van der Waals surface area contributed by atoms with E-state index in [1.165, 1.54) is 6.92 Å². The van der Waals surface area contributed by atoms with Gasteiger partial charge in [0.1, 0.15) is 5.75 Å². The summed E-state index contributed by atoms with van der Waals surface area (Å²) < 4.78 is 5.35. The van der Waals surface area contributed by atoms with Gasteiger partial charge in [0, 0.05) is 17.6 Å². The third kappa shape index (κ3) is 3.53. The van der Waals surface area contributed by atoms with Crippen LogP contribution in [0.1, 0.15) is 31.7 Å². The minimum Gasteiger partial charge on any atom is -0.495 e. The quantitative estimate of drug-likeness (QED) is 0.819. The fraction of sp³-hybridized carbons (Fsp3) is 0.300. The average molecular weight is 373 g/mol. The minimum absolute atomic E-state index is 0.0793. The van der Waals surface area contributed by atoms with Crippen molar-refractivity contribution in [2.45, 2.75) is 31.6 Å². The normalized spacial score (nSPS) is 14.9. The summed E-state index contributed by atoms with van der Waals surface area (Å²) in [5, 5.41) is 6.34. The van der Waals surface area contributed by atoms with Gasteiger partial charge in [-0.1, -0.05) is 30.2 Å². The Balaban J connectivity index is 1.88. The lowest BCUT2D eigenvalue weighted by Crippen LogP contribution is -2.46. The number of halogens is 1. The van der Waals surface area contributed by atoms with Crippen LogP contribution in [0.25, 0.3) is 0 Å². The Labute approximate surface area is 157 Å². The van der Waals surface area contributed by atoms with Crippen LogP contribution < -0.4 is 15.4 Å². The molecule has 1 aliphatic carbocycles. The highest BCUT2D eigenvalue weighted by Crippen LogP contribution is 2.45. The molecule has 0 atom stereocenters. The van der Waals surface area contributed by atoms with Gasteiger partial charge in [-0.25, -0.2) is 0 Å². The van der Waals surface area contributed by atoms with Gasteiger partial charge in [0.15, 0.2) is 0 Å². The lowest BCUT2D eigenvalue weighted by molar-refractivity contribution is -0.124. The van der Waals surface area contributed by atoms with Crippen LogP contribution in [-0.2, 0) is 15.0 Å². The smallest absolute Gasteiger partial charge is 0.235 e. The Morgan fingerprint density at radius 1 is 1.08 bits per heavy atom. The van der Waals surface area contributed by atoms with Crippen molar-refractivity contribution in [2.24, 2.45) is 0 Å². The van der Waals surface area contributed by atoms with Gasteiger partial charge >= 0.3 is 0 Å². The number of carbonyl (C=O) groups excluding carboxylic acids is 2. The van der Waals surface area contributed by atoms with E-state index in [1.54, 1.807) is 25.3 Å². The molecule has 6 heteroatoms. The Kier molecular flexibility index (Phi) is 5.18. The zero-order valence-electron chi connectivity index (χ0n) is 14.8. The van der Waals surface area contributed by atoms with Crippen LogP contribution in [0.3, 0.4) is 0 Å². The molecule has 1 aliphatic rings. The lowest BCUT2D eigenvalue weighted by atomic mass is 9.64. The van der Waals surface area contributed by atoms with Gasteiger partial charge in [0.25, 0.3) is 0 Å². The summed E-state index contributed by atoms with van der Waals surface area (Å²) in [6, 6.07) is 12.6. The van der Waals surface area contributed by atoms with Crippen molar-refractivity contribution in [2.75, 3.05) is 17.7 Å². The first-order chi connectivity index (χ1) is 12.4. The van der Waals surface area contributed by atoms with E-state index in [-0.39, 0.29) is 11.8 Å². The highest BCUT2D eigenvalue weighted by Gasteiger charge is 2.45. The molecule has 0 aromatic heterocycles. The molecule has 26 heavy (non-hydrogen) atoms. The molecule has 1 saturated carbocycles. The van der Waals surface area contributed by atoms with Crippen molar-refractivity contribution in [3.8, 4) is 5.75 Å². The van der Waals surface area contributed by atoms with Gasteiger partial charge < -0.3 is 15.4 Å². The first-order valence-corrected chi connectivity index (χ1v) is 8.85. The predicted molar refractivity (Wildman–Crippen MR) is 103 cm³/mol. The first-order valence-electron chi connectivity index (χ1n) is 8.48. The largest absolute Gasteiger partial charge is 0.495 e. The number of carbonyl (C=O) groups is 2. The molecule has 2 aromatic rings. The van der Waals surface area contributed by atoms with Gasteiger partial charge in [-0.2, -0.15) is 0 Å². The molecule has 2 N–H and O–H groups in total. The zero-order valence-corrected chi connectivity index (χ0v) is 15.5. The molecule has 2 amide bonds. The maximum Gasteiger partial charge on any atom is 0.235 e. The number of nitrogens with one attached hydrogen (secondary N) is 2. The molecule has 5 nitrogen and oxygen atoms in total. The second-order valence-corrected chi connectivity index (χ2v) is 6.93. The molecule has 2 aromatic carbocycles. The number of hydrogen-bond acceptors (Lipinski definition) is 3. The standard InChI is InChI=1S/C20H21ClN2O3/c1-13(24)22-16-8-9-18(26-2)17(12-16)23-19(25)20(10-3-11-20)14-4-6-15(21)7-5-14/h4-9,12H,3,10-11H2,1-2H3,(H,22,24)(H,23,25). The van der Waals surface area contributed by atoms with Gasteiger partial charge in [-0.3, -0.25) is 9.59 Å². The van der Waals surface area contributed by atoms with Crippen LogP contribution >= 0.6 is 11.6 Å². The summed E-state index contributed by atoms with van der Waals surface area (Å²) in [5.41, 5.74) is 1.54. The summed E-state index contributed by atoms with van der Waals surface area (Å²) in [7, 11) is 1.54. The fourth-order valence-electron chi connectivity index (χ4n) is 3.27. The van der Waals surface area contributed by atoms with E-state index < -0.39 is 5.41 Å². The van der Waals surface area contributed by atoms with Gasteiger partial charge in [-0.05, 0) is 48.7 Å². The number of amides is 2. The third-order valence-corrected chi connectivity index (χ3v) is 5.06. The van der Waals surface area contributed by atoms with Crippen molar-refractivity contribution >= 4 is 34.8 Å². The second-order valence-electron chi connectivity index (χ2n) is 6.49. The maximum atomic E-state index is 13.1. The van der Waals surface area contributed by atoms with E-state index in [1.807, 2.05) is 24.3 Å². The molecule has 0 heterocycles. The van der Waals surface area contributed by atoms with Gasteiger partial charge in [0.2, 0.25) is 11.8 Å². The van der Waals surface area contributed by atoms with Gasteiger partial charge in [-0.15, -0.1) is 0 Å². The highest BCUT2D eigenvalue weighted by atomic mass is 35.5. The van der Waals surface area contributed by atoms with E-state index in [2.05, 4.69) is 10.6 Å². The summed E-state index contributed by atoms with van der Waals surface area (Å²) >= 11 is 5.98. The van der Waals surface area contributed by atoms with Crippen LogP contribution in [0.15, 0.2) is 42.5 Å². The van der Waals surface area contributed by atoms with Crippen molar-refractivity contribution < 1.29 is 14.3 Å². The minimum atomic E-state index is -0.556. The molecule has 0 bridgehead atoms. The summed E-state index contributed by atoms with van der Waals surface area (Å²) in [6.07, 6.45) is 2.57. The number of hydrogen-bond donors (Lipinski definition) is 2. The van der Waals surface area contributed by atoms with E-state index >= 15 is 0 Å². The third-order valence-electron chi connectivity index (χ3n) is 4.81. The predicted octanol–water partition coefficient (Wildman–Crippen LogP) is 4.37. The Morgan fingerprint density at radius 2 is 1.77 bits per heavy atom. The Bertz CT molecular complexity index is 829. The molecule has 0 unspecified atom stereocenters. The number of benzene rings is 2. The van der Waals surface area contributed by atoms with Crippen LogP contribution in [0, 0.1) is 0 Å². The van der Waals surface area contributed by atoms with Gasteiger partial charge in [0.05, 0.1) is 18.2 Å². The first kappa shape index (κ1) is 18.3. The summed E-state index contributed by atoms with van der Waals surface area (Å²) in [4.78, 5) is 24.4.